The van der Waals surface area contributed by atoms with Crippen molar-refractivity contribution in [2.24, 2.45) is 0 Å². The summed E-state index contributed by atoms with van der Waals surface area (Å²) in [7, 11) is 0. The van der Waals surface area contributed by atoms with Crippen LogP contribution in [-0.4, -0.2) is 15.9 Å². The average Bonchev–Trinajstić information content (AvgIpc) is 3.11. The number of halogens is 2. The van der Waals surface area contributed by atoms with Gasteiger partial charge in [-0.25, -0.2) is 9.97 Å². The van der Waals surface area contributed by atoms with E-state index in [0.29, 0.717) is 20.7 Å². The van der Waals surface area contributed by atoms with Crippen molar-refractivity contribution >= 4 is 77.3 Å². The van der Waals surface area contributed by atoms with Crippen LogP contribution in [0.3, 0.4) is 0 Å². The van der Waals surface area contributed by atoms with Gasteiger partial charge in [-0.3, -0.25) is 10.1 Å². The maximum atomic E-state index is 12.4. The number of nitrogens with zero attached hydrogens (tertiary/aromatic N) is 2. The van der Waals surface area contributed by atoms with E-state index < -0.39 is 0 Å². The molecule has 1 N–H and O–H groups in total. The summed E-state index contributed by atoms with van der Waals surface area (Å²) in [4.78, 5) is 21.5. The SMILES string of the molecule is Cc1nc2c(ccc3nc(NC(=O)c4cc(Cl)ccc4Cl)sc32)s1. The molecule has 0 atom stereocenters. The van der Waals surface area contributed by atoms with Crippen molar-refractivity contribution in [1.82, 2.24) is 9.97 Å². The van der Waals surface area contributed by atoms with Gasteiger partial charge < -0.3 is 0 Å². The Morgan fingerprint density at radius 1 is 1.12 bits per heavy atom. The molecule has 0 spiro atoms. The number of thiazole rings is 2. The molecule has 0 unspecified atom stereocenters. The first-order chi connectivity index (χ1) is 11.5. The summed E-state index contributed by atoms with van der Waals surface area (Å²) in [6, 6.07) is 8.71. The lowest BCUT2D eigenvalue weighted by Crippen LogP contribution is -2.12. The van der Waals surface area contributed by atoms with Crippen molar-refractivity contribution in [2.75, 3.05) is 5.32 Å². The molecule has 2 aromatic carbocycles. The number of carbonyl (C=O) groups excluding carboxylic acids is 1. The highest BCUT2D eigenvalue weighted by atomic mass is 35.5. The van der Waals surface area contributed by atoms with E-state index in [4.69, 9.17) is 23.2 Å². The fourth-order valence-corrected chi connectivity index (χ4v) is 4.60. The number of anilines is 1. The van der Waals surface area contributed by atoms with E-state index in [-0.39, 0.29) is 5.91 Å². The van der Waals surface area contributed by atoms with Gasteiger partial charge in [0.15, 0.2) is 5.13 Å². The first-order valence-electron chi connectivity index (χ1n) is 6.94. The molecular weight excluding hydrogens is 385 g/mol. The van der Waals surface area contributed by atoms with Crippen LogP contribution in [-0.2, 0) is 0 Å². The third-order valence-electron chi connectivity index (χ3n) is 3.41. The van der Waals surface area contributed by atoms with Gasteiger partial charge in [0.25, 0.3) is 5.91 Å². The lowest BCUT2D eigenvalue weighted by atomic mass is 10.2. The molecule has 0 aliphatic carbocycles. The second-order valence-electron chi connectivity index (χ2n) is 5.09. The summed E-state index contributed by atoms with van der Waals surface area (Å²) in [5.41, 5.74) is 2.05. The monoisotopic (exact) mass is 393 g/mol. The highest BCUT2D eigenvalue weighted by Crippen LogP contribution is 2.35. The lowest BCUT2D eigenvalue weighted by Gasteiger charge is -2.04. The van der Waals surface area contributed by atoms with Gasteiger partial charge in [0.2, 0.25) is 0 Å². The quantitative estimate of drug-likeness (QED) is 0.469. The average molecular weight is 394 g/mol. The highest BCUT2D eigenvalue weighted by Gasteiger charge is 2.15. The number of amides is 1. The number of aromatic nitrogens is 2. The first kappa shape index (κ1) is 15.8. The van der Waals surface area contributed by atoms with E-state index in [0.717, 1.165) is 25.4 Å². The zero-order valence-corrected chi connectivity index (χ0v) is 15.4. The summed E-state index contributed by atoms with van der Waals surface area (Å²) in [6.07, 6.45) is 0. The summed E-state index contributed by atoms with van der Waals surface area (Å²) in [6.45, 7) is 1.97. The van der Waals surface area contributed by atoms with Crippen LogP contribution in [0.15, 0.2) is 30.3 Å². The Balaban J connectivity index is 1.73. The number of fused-ring (bicyclic) bond motifs is 3. The minimum absolute atomic E-state index is 0.318. The van der Waals surface area contributed by atoms with E-state index in [1.165, 1.54) is 17.4 Å². The number of hydrogen-bond acceptors (Lipinski definition) is 5. The van der Waals surface area contributed by atoms with Crippen LogP contribution in [0.5, 0.6) is 0 Å². The molecule has 0 aliphatic rings. The molecule has 4 rings (SSSR count). The molecule has 0 aliphatic heterocycles. The Labute approximate surface area is 155 Å². The molecule has 0 fully saturated rings. The Morgan fingerprint density at radius 3 is 2.79 bits per heavy atom. The molecule has 4 aromatic rings. The molecule has 2 aromatic heterocycles. The summed E-state index contributed by atoms with van der Waals surface area (Å²) < 4.78 is 2.07. The van der Waals surface area contributed by atoms with Crippen molar-refractivity contribution in [1.29, 1.82) is 0 Å². The molecule has 0 bridgehead atoms. The lowest BCUT2D eigenvalue weighted by molar-refractivity contribution is 0.102. The normalized spacial score (nSPS) is 11.3. The third-order valence-corrected chi connectivity index (χ3v) is 5.91. The molecule has 120 valence electrons. The molecular formula is C16H9Cl2N3OS2. The largest absolute Gasteiger partial charge is 0.298 e. The molecule has 4 nitrogen and oxygen atoms in total. The Morgan fingerprint density at radius 2 is 1.96 bits per heavy atom. The Bertz CT molecular complexity index is 1100. The van der Waals surface area contributed by atoms with Crippen LogP contribution >= 0.6 is 45.9 Å². The molecule has 2 heterocycles. The van der Waals surface area contributed by atoms with Gasteiger partial charge in [-0.1, -0.05) is 34.5 Å². The second-order valence-corrected chi connectivity index (χ2v) is 8.17. The van der Waals surface area contributed by atoms with Gasteiger partial charge >= 0.3 is 0 Å². The molecule has 8 heteroatoms. The number of aryl methyl sites for hydroxylation is 1. The van der Waals surface area contributed by atoms with Crippen molar-refractivity contribution in [3.05, 3.63) is 50.9 Å². The molecule has 0 radical (unpaired) electrons. The fourth-order valence-electron chi connectivity index (χ4n) is 2.38. The van der Waals surface area contributed by atoms with Gasteiger partial charge in [-0.15, -0.1) is 11.3 Å². The highest BCUT2D eigenvalue weighted by molar-refractivity contribution is 7.24. The predicted molar refractivity (Wildman–Crippen MR) is 102 cm³/mol. The van der Waals surface area contributed by atoms with Gasteiger partial charge in [0.1, 0.15) is 5.52 Å². The summed E-state index contributed by atoms with van der Waals surface area (Å²) >= 11 is 15.0. The molecule has 24 heavy (non-hydrogen) atoms. The van der Waals surface area contributed by atoms with E-state index in [9.17, 15) is 4.79 Å². The van der Waals surface area contributed by atoms with Crippen molar-refractivity contribution in [2.45, 2.75) is 6.92 Å². The zero-order valence-electron chi connectivity index (χ0n) is 12.3. The van der Waals surface area contributed by atoms with Gasteiger partial charge in [0, 0.05) is 5.02 Å². The predicted octanol–water partition coefficient (Wildman–Crippen LogP) is 5.77. The minimum atomic E-state index is -0.341. The van der Waals surface area contributed by atoms with Crippen molar-refractivity contribution in [3.63, 3.8) is 0 Å². The van der Waals surface area contributed by atoms with Gasteiger partial charge in [-0.05, 0) is 37.3 Å². The number of benzene rings is 2. The smallest absolute Gasteiger partial charge is 0.259 e. The summed E-state index contributed by atoms with van der Waals surface area (Å²) in [5.74, 6) is -0.341. The fraction of sp³-hybridized carbons (Fsp3) is 0.0625. The van der Waals surface area contributed by atoms with Crippen molar-refractivity contribution in [3.8, 4) is 0 Å². The van der Waals surface area contributed by atoms with E-state index in [1.807, 2.05) is 19.1 Å². The van der Waals surface area contributed by atoms with Gasteiger partial charge in [0.05, 0.1) is 30.5 Å². The number of carbonyl (C=O) groups is 1. The van der Waals surface area contributed by atoms with E-state index in [1.54, 1.807) is 23.5 Å². The Kier molecular flexibility index (Phi) is 3.92. The number of rotatable bonds is 2. The summed E-state index contributed by atoms with van der Waals surface area (Å²) in [5, 5.41) is 5.09. The number of hydrogen-bond donors (Lipinski definition) is 1. The standard InChI is InChI=1S/C16H9Cl2N3OS2/c1-7-19-13-12(23-7)5-4-11-14(13)24-16(20-11)21-15(22)9-6-8(17)2-3-10(9)18/h2-6H,1H3,(H,20,21,22). The van der Waals surface area contributed by atoms with Crippen LogP contribution < -0.4 is 5.32 Å². The first-order valence-corrected chi connectivity index (χ1v) is 9.33. The molecule has 0 saturated carbocycles. The van der Waals surface area contributed by atoms with Gasteiger partial charge in [-0.2, -0.15) is 0 Å². The van der Waals surface area contributed by atoms with Crippen molar-refractivity contribution < 1.29 is 4.79 Å². The second kappa shape index (κ2) is 5.97. The van der Waals surface area contributed by atoms with Crippen LogP contribution in [0.25, 0.3) is 20.4 Å². The minimum Gasteiger partial charge on any atom is -0.298 e. The van der Waals surface area contributed by atoms with Crippen LogP contribution in [0, 0.1) is 6.92 Å². The molecule has 1 amide bonds. The van der Waals surface area contributed by atoms with Crippen LogP contribution in [0.4, 0.5) is 5.13 Å². The topological polar surface area (TPSA) is 54.9 Å². The Hall–Kier alpha value is -1.73. The molecule has 0 saturated heterocycles. The number of nitrogens with one attached hydrogen (secondary N) is 1. The van der Waals surface area contributed by atoms with E-state index in [2.05, 4.69) is 15.3 Å². The van der Waals surface area contributed by atoms with Crippen LogP contribution in [0.1, 0.15) is 15.4 Å². The zero-order chi connectivity index (χ0) is 16.8. The van der Waals surface area contributed by atoms with E-state index >= 15 is 0 Å². The maximum Gasteiger partial charge on any atom is 0.259 e. The maximum absolute atomic E-state index is 12.4. The van der Waals surface area contributed by atoms with Crippen LogP contribution in [0.2, 0.25) is 10.0 Å². The third kappa shape index (κ3) is 2.75.